The quantitative estimate of drug-likeness (QED) is 0.724. The zero-order chi connectivity index (χ0) is 12.7. The Balaban J connectivity index is 2.10. The van der Waals surface area contributed by atoms with Gasteiger partial charge in [0.1, 0.15) is 0 Å². The van der Waals surface area contributed by atoms with Gasteiger partial charge in [0, 0.05) is 19.5 Å². The van der Waals surface area contributed by atoms with Gasteiger partial charge in [0.25, 0.3) is 0 Å². The fourth-order valence-corrected chi connectivity index (χ4v) is 2.28. The lowest BCUT2D eigenvalue weighted by Gasteiger charge is -2.29. The average molecular weight is 241 g/mol. The van der Waals surface area contributed by atoms with Crippen LogP contribution in [0.5, 0.6) is 0 Å². The van der Waals surface area contributed by atoms with Gasteiger partial charge in [-0.2, -0.15) is 0 Å². The maximum absolute atomic E-state index is 11.6. The molecule has 4 heteroatoms. The van der Waals surface area contributed by atoms with E-state index in [0.717, 1.165) is 19.5 Å². The summed E-state index contributed by atoms with van der Waals surface area (Å²) in [7, 11) is 2.15. The Morgan fingerprint density at radius 1 is 1.59 bits per heavy atom. The second-order valence-electron chi connectivity index (χ2n) is 5.45. The highest BCUT2D eigenvalue weighted by Gasteiger charge is 2.17. The lowest BCUT2D eigenvalue weighted by atomic mass is 9.98. The summed E-state index contributed by atoms with van der Waals surface area (Å²) in [5, 5.41) is 3.05. The van der Waals surface area contributed by atoms with Crippen LogP contribution in [0.4, 0.5) is 0 Å². The number of carbonyl (C=O) groups is 1. The van der Waals surface area contributed by atoms with Gasteiger partial charge in [0.15, 0.2) is 0 Å². The molecule has 1 aliphatic heterocycles. The second kappa shape index (κ2) is 7.67. The SMILES string of the molecule is CC(CN)CCC(=O)NCC1CCCN(C)C1. The van der Waals surface area contributed by atoms with Crippen molar-refractivity contribution in [3.05, 3.63) is 0 Å². The summed E-state index contributed by atoms with van der Waals surface area (Å²) >= 11 is 0. The fourth-order valence-electron chi connectivity index (χ4n) is 2.28. The van der Waals surface area contributed by atoms with Crippen LogP contribution < -0.4 is 11.1 Å². The van der Waals surface area contributed by atoms with E-state index in [1.54, 1.807) is 0 Å². The average Bonchev–Trinajstić information content (AvgIpc) is 2.33. The van der Waals surface area contributed by atoms with Gasteiger partial charge >= 0.3 is 0 Å². The molecule has 0 aromatic heterocycles. The minimum Gasteiger partial charge on any atom is -0.356 e. The van der Waals surface area contributed by atoms with Gasteiger partial charge in [0.05, 0.1) is 0 Å². The maximum atomic E-state index is 11.6. The lowest BCUT2D eigenvalue weighted by molar-refractivity contribution is -0.121. The summed E-state index contributed by atoms with van der Waals surface area (Å²) in [6.07, 6.45) is 4.00. The van der Waals surface area contributed by atoms with E-state index in [2.05, 4.69) is 24.2 Å². The van der Waals surface area contributed by atoms with Gasteiger partial charge in [0.2, 0.25) is 5.91 Å². The van der Waals surface area contributed by atoms with Crippen molar-refractivity contribution in [2.45, 2.75) is 32.6 Å². The highest BCUT2D eigenvalue weighted by Crippen LogP contribution is 2.14. The Labute approximate surface area is 105 Å². The van der Waals surface area contributed by atoms with Crippen LogP contribution in [0.25, 0.3) is 0 Å². The summed E-state index contributed by atoms with van der Waals surface area (Å²) in [5.74, 6) is 1.25. The Kier molecular flexibility index (Phi) is 6.52. The first-order chi connectivity index (χ1) is 8.11. The van der Waals surface area contributed by atoms with Crippen LogP contribution in [0.1, 0.15) is 32.6 Å². The van der Waals surface area contributed by atoms with E-state index < -0.39 is 0 Å². The normalized spacial score (nSPS) is 23.4. The van der Waals surface area contributed by atoms with Crippen LogP contribution in [0.2, 0.25) is 0 Å². The Hall–Kier alpha value is -0.610. The van der Waals surface area contributed by atoms with Crippen molar-refractivity contribution < 1.29 is 4.79 Å². The molecule has 0 saturated carbocycles. The molecule has 0 aliphatic carbocycles. The molecule has 1 heterocycles. The van der Waals surface area contributed by atoms with Gasteiger partial charge < -0.3 is 16.0 Å². The molecule has 0 radical (unpaired) electrons. The van der Waals surface area contributed by atoms with Crippen molar-refractivity contribution in [2.75, 3.05) is 33.2 Å². The van der Waals surface area contributed by atoms with E-state index in [4.69, 9.17) is 5.73 Å². The van der Waals surface area contributed by atoms with Gasteiger partial charge in [-0.25, -0.2) is 0 Å². The standard InChI is InChI=1S/C13H27N3O/c1-11(8-14)5-6-13(17)15-9-12-4-3-7-16(2)10-12/h11-12H,3-10,14H2,1-2H3,(H,15,17). The topological polar surface area (TPSA) is 58.4 Å². The number of amides is 1. The zero-order valence-electron chi connectivity index (χ0n) is 11.2. The predicted octanol–water partition coefficient (Wildman–Crippen LogP) is 0.819. The smallest absolute Gasteiger partial charge is 0.220 e. The minimum atomic E-state index is 0.179. The zero-order valence-corrected chi connectivity index (χ0v) is 11.2. The Morgan fingerprint density at radius 3 is 3.00 bits per heavy atom. The monoisotopic (exact) mass is 241 g/mol. The number of carbonyl (C=O) groups excluding carboxylic acids is 1. The van der Waals surface area contributed by atoms with Crippen molar-refractivity contribution >= 4 is 5.91 Å². The third kappa shape index (κ3) is 6.03. The molecule has 1 saturated heterocycles. The van der Waals surface area contributed by atoms with Crippen LogP contribution >= 0.6 is 0 Å². The van der Waals surface area contributed by atoms with Crippen LogP contribution in [-0.4, -0.2) is 44.0 Å². The molecule has 4 nitrogen and oxygen atoms in total. The molecule has 0 spiro atoms. The van der Waals surface area contributed by atoms with Crippen molar-refractivity contribution in [3.8, 4) is 0 Å². The molecule has 1 aliphatic rings. The molecule has 0 aromatic carbocycles. The third-order valence-corrected chi connectivity index (χ3v) is 3.58. The molecule has 1 amide bonds. The van der Waals surface area contributed by atoms with E-state index in [-0.39, 0.29) is 5.91 Å². The van der Waals surface area contributed by atoms with E-state index in [0.29, 0.717) is 24.8 Å². The second-order valence-corrected chi connectivity index (χ2v) is 5.45. The first-order valence-electron chi connectivity index (χ1n) is 6.77. The number of hydrogen-bond acceptors (Lipinski definition) is 3. The van der Waals surface area contributed by atoms with E-state index in [9.17, 15) is 4.79 Å². The summed E-state index contributed by atoms with van der Waals surface area (Å²) in [6, 6.07) is 0. The van der Waals surface area contributed by atoms with Crippen molar-refractivity contribution in [3.63, 3.8) is 0 Å². The molecule has 0 aromatic rings. The molecule has 1 fully saturated rings. The fraction of sp³-hybridized carbons (Fsp3) is 0.923. The van der Waals surface area contributed by atoms with Crippen LogP contribution in [0.3, 0.4) is 0 Å². The van der Waals surface area contributed by atoms with E-state index >= 15 is 0 Å². The molecular weight excluding hydrogens is 214 g/mol. The predicted molar refractivity (Wildman–Crippen MR) is 70.7 cm³/mol. The van der Waals surface area contributed by atoms with Crippen LogP contribution in [0.15, 0.2) is 0 Å². The summed E-state index contributed by atoms with van der Waals surface area (Å²) < 4.78 is 0. The summed E-state index contributed by atoms with van der Waals surface area (Å²) in [4.78, 5) is 14.0. The number of rotatable bonds is 6. The number of likely N-dealkylation sites (tertiary alicyclic amines) is 1. The number of nitrogens with zero attached hydrogens (tertiary/aromatic N) is 1. The molecule has 3 N–H and O–H groups in total. The van der Waals surface area contributed by atoms with Crippen LogP contribution in [0, 0.1) is 11.8 Å². The van der Waals surface area contributed by atoms with Crippen LogP contribution in [-0.2, 0) is 4.79 Å². The minimum absolute atomic E-state index is 0.179. The molecule has 1 rings (SSSR count). The highest BCUT2D eigenvalue weighted by atomic mass is 16.1. The number of piperidine rings is 1. The lowest BCUT2D eigenvalue weighted by Crippen LogP contribution is -2.39. The largest absolute Gasteiger partial charge is 0.356 e. The van der Waals surface area contributed by atoms with Gasteiger partial charge in [-0.05, 0) is 51.2 Å². The summed E-state index contributed by atoms with van der Waals surface area (Å²) in [5.41, 5.74) is 5.53. The number of hydrogen-bond donors (Lipinski definition) is 2. The first kappa shape index (κ1) is 14.5. The maximum Gasteiger partial charge on any atom is 0.220 e. The van der Waals surface area contributed by atoms with Gasteiger partial charge in [-0.3, -0.25) is 4.79 Å². The molecule has 2 unspecified atom stereocenters. The Bertz CT molecular complexity index is 233. The van der Waals surface area contributed by atoms with E-state index in [1.807, 2.05) is 0 Å². The van der Waals surface area contributed by atoms with Gasteiger partial charge in [-0.1, -0.05) is 6.92 Å². The molecular formula is C13H27N3O. The molecule has 17 heavy (non-hydrogen) atoms. The number of nitrogens with two attached hydrogens (primary N) is 1. The van der Waals surface area contributed by atoms with Gasteiger partial charge in [-0.15, -0.1) is 0 Å². The highest BCUT2D eigenvalue weighted by molar-refractivity contribution is 5.75. The number of nitrogens with one attached hydrogen (secondary N) is 1. The molecule has 2 atom stereocenters. The first-order valence-corrected chi connectivity index (χ1v) is 6.77. The third-order valence-electron chi connectivity index (χ3n) is 3.58. The summed E-state index contributed by atoms with van der Waals surface area (Å²) in [6.45, 7) is 5.89. The molecule has 100 valence electrons. The van der Waals surface area contributed by atoms with Crippen molar-refractivity contribution in [2.24, 2.45) is 17.6 Å². The molecule has 0 bridgehead atoms. The van der Waals surface area contributed by atoms with Crippen molar-refractivity contribution in [1.29, 1.82) is 0 Å². The van der Waals surface area contributed by atoms with E-state index in [1.165, 1.54) is 19.4 Å². The Morgan fingerprint density at radius 2 is 2.35 bits per heavy atom. The van der Waals surface area contributed by atoms with Crippen molar-refractivity contribution in [1.82, 2.24) is 10.2 Å².